The summed E-state index contributed by atoms with van der Waals surface area (Å²) in [5.41, 5.74) is 1.23. The van der Waals surface area contributed by atoms with Crippen LogP contribution in [0.2, 0.25) is 0 Å². The van der Waals surface area contributed by atoms with Gasteiger partial charge in [-0.1, -0.05) is 0 Å². The van der Waals surface area contributed by atoms with Gasteiger partial charge in [0.2, 0.25) is 0 Å². The third-order valence-electron chi connectivity index (χ3n) is 2.40. The van der Waals surface area contributed by atoms with Crippen molar-refractivity contribution in [3.8, 4) is 0 Å². The lowest BCUT2D eigenvalue weighted by molar-refractivity contribution is 0.189. The normalized spacial score (nSPS) is 13.1. The van der Waals surface area contributed by atoms with Crippen LogP contribution in [0.4, 0.5) is 0 Å². The Bertz CT molecular complexity index is 260. The molecule has 1 unspecified atom stereocenters. The second kappa shape index (κ2) is 5.78. The van der Waals surface area contributed by atoms with Crippen LogP contribution in [0.15, 0.2) is 12.5 Å². The monoisotopic (exact) mass is 197 g/mol. The van der Waals surface area contributed by atoms with Gasteiger partial charge >= 0.3 is 0 Å². The van der Waals surface area contributed by atoms with E-state index in [0.717, 1.165) is 19.4 Å². The van der Waals surface area contributed by atoms with Crippen LogP contribution in [-0.2, 0) is 11.8 Å². The molecule has 80 valence electrons. The van der Waals surface area contributed by atoms with Crippen molar-refractivity contribution in [3.05, 3.63) is 18.2 Å². The predicted molar refractivity (Wildman–Crippen MR) is 56.1 cm³/mol. The van der Waals surface area contributed by atoms with Crippen molar-refractivity contribution in [2.24, 2.45) is 7.05 Å². The lowest BCUT2D eigenvalue weighted by atomic mass is 10.1. The first-order chi connectivity index (χ1) is 6.79. The van der Waals surface area contributed by atoms with Gasteiger partial charge in [0, 0.05) is 33.0 Å². The lowest BCUT2D eigenvalue weighted by Gasteiger charge is -2.16. The van der Waals surface area contributed by atoms with E-state index in [0.29, 0.717) is 6.04 Å². The molecule has 0 aliphatic carbocycles. The van der Waals surface area contributed by atoms with Crippen molar-refractivity contribution in [2.75, 3.05) is 20.8 Å². The van der Waals surface area contributed by atoms with Crippen molar-refractivity contribution in [2.45, 2.75) is 18.9 Å². The summed E-state index contributed by atoms with van der Waals surface area (Å²) >= 11 is 0. The fraction of sp³-hybridized carbons (Fsp3) is 0.700. The molecule has 1 atom stereocenters. The van der Waals surface area contributed by atoms with Gasteiger partial charge in [-0.25, -0.2) is 4.98 Å². The maximum Gasteiger partial charge on any atom is 0.0946 e. The van der Waals surface area contributed by atoms with Crippen LogP contribution in [0.5, 0.6) is 0 Å². The number of methoxy groups -OCH3 is 1. The topological polar surface area (TPSA) is 39.1 Å². The minimum atomic E-state index is 0.373. The molecule has 0 aliphatic rings. The fourth-order valence-electron chi connectivity index (χ4n) is 1.58. The third kappa shape index (κ3) is 2.82. The summed E-state index contributed by atoms with van der Waals surface area (Å²) in [4.78, 5) is 4.11. The van der Waals surface area contributed by atoms with E-state index in [1.807, 2.05) is 31.2 Å². The largest absolute Gasteiger partial charge is 0.385 e. The van der Waals surface area contributed by atoms with Gasteiger partial charge in [0.25, 0.3) is 0 Å². The first kappa shape index (κ1) is 11.2. The summed E-state index contributed by atoms with van der Waals surface area (Å²) in [6.45, 7) is 0.816. The van der Waals surface area contributed by atoms with E-state index in [1.165, 1.54) is 5.69 Å². The molecular weight excluding hydrogens is 178 g/mol. The zero-order valence-corrected chi connectivity index (χ0v) is 9.16. The van der Waals surface area contributed by atoms with Gasteiger partial charge < -0.3 is 14.6 Å². The third-order valence-corrected chi connectivity index (χ3v) is 2.40. The Morgan fingerprint density at radius 3 is 2.93 bits per heavy atom. The van der Waals surface area contributed by atoms with Crippen LogP contribution in [-0.4, -0.2) is 30.3 Å². The van der Waals surface area contributed by atoms with Gasteiger partial charge in [-0.15, -0.1) is 0 Å². The lowest BCUT2D eigenvalue weighted by Crippen LogP contribution is -2.19. The first-order valence-electron chi connectivity index (χ1n) is 4.92. The highest BCUT2D eigenvalue weighted by atomic mass is 16.5. The molecule has 1 rings (SSSR count). The Morgan fingerprint density at radius 2 is 2.43 bits per heavy atom. The Morgan fingerprint density at radius 1 is 1.64 bits per heavy atom. The summed E-state index contributed by atoms with van der Waals surface area (Å²) < 4.78 is 7.08. The molecule has 0 spiro atoms. The number of aromatic nitrogens is 2. The number of aryl methyl sites for hydroxylation is 1. The van der Waals surface area contributed by atoms with Crippen molar-refractivity contribution < 1.29 is 4.74 Å². The Labute approximate surface area is 85.3 Å². The molecule has 1 N–H and O–H groups in total. The van der Waals surface area contributed by atoms with Gasteiger partial charge in [-0.05, 0) is 19.9 Å². The molecule has 0 radical (unpaired) electrons. The van der Waals surface area contributed by atoms with Crippen LogP contribution < -0.4 is 5.32 Å². The Kier molecular flexibility index (Phi) is 4.62. The van der Waals surface area contributed by atoms with Crippen LogP contribution in [0, 0.1) is 0 Å². The molecular formula is C10H19N3O. The average Bonchev–Trinajstić information content (AvgIpc) is 2.60. The maximum absolute atomic E-state index is 5.03. The maximum atomic E-state index is 5.03. The van der Waals surface area contributed by atoms with Crippen molar-refractivity contribution in [1.29, 1.82) is 0 Å². The van der Waals surface area contributed by atoms with E-state index >= 15 is 0 Å². The Balaban J connectivity index is 2.50. The number of nitrogens with zero attached hydrogens (tertiary/aromatic N) is 2. The van der Waals surface area contributed by atoms with Crippen LogP contribution >= 0.6 is 0 Å². The van der Waals surface area contributed by atoms with E-state index in [2.05, 4.69) is 10.3 Å². The zero-order chi connectivity index (χ0) is 10.4. The summed E-state index contributed by atoms with van der Waals surface area (Å²) in [5.74, 6) is 0. The number of hydrogen-bond donors (Lipinski definition) is 1. The summed E-state index contributed by atoms with van der Waals surface area (Å²) in [5, 5.41) is 3.29. The van der Waals surface area contributed by atoms with E-state index in [-0.39, 0.29) is 0 Å². The first-order valence-corrected chi connectivity index (χ1v) is 4.92. The quantitative estimate of drug-likeness (QED) is 0.694. The van der Waals surface area contributed by atoms with E-state index in [9.17, 15) is 0 Å². The zero-order valence-electron chi connectivity index (χ0n) is 9.16. The van der Waals surface area contributed by atoms with Crippen LogP contribution in [0.3, 0.4) is 0 Å². The second-order valence-electron chi connectivity index (χ2n) is 3.41. The molecule has 4 heteroatoms. The van der Waals surface area contributed by atoms with Crippen molar-refractivity contribution in [3.63, 3.8) is 0 Å². The molecule has 1 aromatic heterocycles. The van der Waals surface area contributed by atoms with E-state index < -0.39 is 0 Å². The minimum Gasteiger partial charge on any atom is -0.385 e. The van der Waals surface area contributed by atoms with Gasteiger partial charge in [-0.2, -0.15) is 0 Å². The summed E-state index contributed by atoms with van der Waals surface area (Å²) in [6.07, 6.45) is 5.88. The minimum absolute atomic E-state index is 0.373. The van der Waals surface area contributed by atoms with Crippen LogP contribution in [0.25, 0.3) is 0 Å². The fourth-order valence-corrected chi connectivity index (χ4v) is 1.58. The number of imidazole rings is 1. The van der Waals surface area contributed by atoms with Gasteiger partial charge in [0.15, 0.2) is 0 Å². The molecule has 0 amide bonds. The van der Waals surface area contributed by atoms with E-state index in [1.54, 1.807) is 7.11 Å². The number of hydrogen-bond acceptors (Lipinski definition) is 3. The molecule has 0 aliphatic heterocycles. The van der Waals surface area contributed by atoms with Crippen LogP contribution in [0.1, 0.15) is 24.6 Å². The molecule has 0 aromatic carbocycles. The Hall–Kier alpha value is -0.870. The van der Waals surface area contributed by atoms with Gasteiger partial charge in [-0.3, -0.25) is 0 Å². The SMILES string of the molecule is CNC(CCCOC)c1cncn1C. The summed E-state index contributed by atoms with van der Waals surface area (Å²) in [7, 11) is 5.73. The predicted octanol–water partition coefficient (Wildman–Crippen LogP) is 1.11. The standard InChI is InChI=1S/C10H19N3O/c1-11-9(5-4-6-14-3)10-7-12-8-13(10)2/h7-9,11H,4-6H2,1-3H3. The molecule has 1 aromatic rings. The number of nitrogens with one attached hydrogen (secondary N) is 1. The molecule has 14 heavy (non-hydrogen) atoms. The second-order valence-corrected chi connectivity index (χ2v) is 3.41. The van der Waals surface area contributed by atoms with E-state index in [4.69, 9.17) is 4.74 Å². The van der Waals surface area contributed by atoms with Crippen molar-refractivity contribution in [1.82, 2.24) is 14.9 Å². The van der Waals surface area contributed by atoms with Gasteiger partial charge in [0.1, 0.15) is 0 Å². The number of ether oxygens (including phenoxy) is 1. The average molecular weight is 197 g/mol. The molecule has 0 saturated heterocycles. The molecule has 0 saturated carbocycles. The molecule has 1 heterocycles. The highest BCUT2D eigenvalue weighted by Crippen LogP contribution is 2.16. The summed E-state index contributed by atoms with van der Waals surface area (Å²) in [6, 6.07) is 0.373. The molecule has 0 fully saturated rings. The van der Waals surface area contributed by atoms with Gasteiger partial charge in [0.05, 0.1) is 12.0 Å². The van der Waals surface area contributed by atoms with Crippen molar-refractivity contribution >= 4 is 0 Å². The molecule has 4 nitrogen and oxygen atoms in total. The highest BCUT2D eigenvalue weighted by molar-refractivity contribution is 5.04. The smallest absolute Gasteiger partial charge is 0.0946 e. The number of rotatable bonds is 6. The highest BCUT2D eigenvalue weighted by Gasteiger charge is 2.11. The molecule has 0 bridgehead atoms.